The highest BCUT2D eigenvalue weighted by molar-refractivity contribution is 6.30. The van der Waals surface area contributed by atoms with E-state index < -0.39 is 0 Å². The minimum atomic E-state index is -0.220. The number of hydrogen-bond donors (Lipinski definition) is 0. The van der Waals surface area contributed by atoms with E-state index in [-0.39, 0.29) is 11.4 Å². The molecule has 1 saturated heterocycles. The van der Waals surface area contributed by atoms with E-state index in [1.807, 2.05) is 12.1 Å². The Morgan fingerprint density at radius 2 is 1.77 bits per heavy atom. The van der Waals surface area contributed by atoms with Gasteiger partial charge in [-0.15, -0.1) is 0 Å². The van der Waals surface area contributed by atoms with Crippen LogP contribution in [0.1, 0.15) is 5.69 Å². The predicted octanol–water partition coefficient (Wildman–Crippen LogP) is 2.81. The lowest BCUT2D eigenvalue weighted by atomic mass is 10.2. The molecular formula is C19H18ClFN4O. The van der Waals surface area contributed by atoms with Crippen LogP contribution in [0.25, 0.3) is 5.65 Å². The molecule has 4 rings (SSSR count). The third-order valence-corrected chi connectivity index (χ3v) is 4.85. The summed E-state index contributed by atoms with van der Waals surface area (Å²) in [5, 5.41) is 0.506. The summed E-state index contributed by atoms with van der Waals surface area (Å²) in [6.45, 7) is 4.06. The fraction of sp³-hybridized carbons (Fsp3) is 0.263. The summed E-state index contributed by atoms with van der Waals surface area (Å²) in [5.41, 5.74) is 2.26. The van der Waals surface area contributed by atoms with Gasteiger partial charge in [0, 0.05) is 50.7 Å². The summed E-state index contributed by atoms with van der Waals surface area (Å²) >= 11 is 5.94. The van der Waals surface area contributed by atoms with Crippen LogP contribution in [0.15, 0.2) is 53.5 Å². The SMILES string of the molecule is O=c1cc(CN2CCN(c3ccc(F)cc3)CC2)nc2ccc(Cl)cn12. The lowest BCUT2D eigenvalue weighted by Gasteiger charge is -2.35. The fourth-order valence-electron chi connectivity index (χ4n) is 3.25. The number of halogens is 2. The average molecular weight is 373 g/mol. The summed E-state index contributed by atoms with van der Waals surface area (Å²) in [6.07, 6.45) is 1.58. The number of nitrogens with zero attached hydrogens (tertiary/aromatic N) is 4. The van der Waals surface area contributed by atoms with Crippen LogP contribution in [0, 0.1) is 5.82 Å². The van der Waals surface area contributed by atoms with E-state index in [9.17, 15) is 9.18 Å². The number of aromatic nitrogens is 2. The molecule has 0 N–H and O–H groups in total. The largest absolute Gasteiger partial charge is 0.369 e. The Morgan fingerprint density at radius 3 is 2.50 bits per heavy atom. The molecule has 7 heteroatoms. The molecule has 1 aliphatic rings. The van der Waals surface area contributed by atoms with Crippen molar-refractivity contribution in [3.05, 3.63) is 75.5 Å². The standard InChI is InChI=1S/C19H18ClFN4O/c20-14-1-6-18-22-16(11-19(26)25(18)12-14)13-23-7-9-24(10-8-23)17-4-2-15(21)3-5-17/h1-6,11-12H,7-10,13H2. The van der Waals surface area contributed by atoms with Crippen molar-refractivity contribution in [3.8, 4) is 0 Å². The van der Waals surface area contributed by atoms with Crippen LogP contribution < -0.4 is 10.5 Å². The Hall–Kier alpha value is -2.44. The zero-order chi connectivity index (χ0) is 18.1. The van der Waals surface area contributed by atoms with Gasteiger partial charge in [0.05, 0.1) is 10.7 Å². The van der Waals surface area contributed by atoms with Crippen molar-refractivity contribution in [1.29, 1.82) is 0 Å². The summed E-state index contributed by atoms with van der Waals surface area (Å²) in [6, 6.07) is 11.6. The second-order valence-electron chi connectivity index (χ2n) is 6.40. The Kier molecular flexibility index (Phi) is 4.61. The van der Waals surface area contributed by atoms with Gasteiger partial charge in [-0.2, -0.15) is 0 Å². The molecule has 0 radical (unpaired) electrons. The minimum absolute atomic E-state index is 0.127. The van der Waals surface area contributed by atoms with Crippen LogP contribution in [0.3, 0.4) is 0 Å². The van der Waals surface area contributed by atoms with E-state index in [4.69, 9.17) is 11.6 Å². The van der Waals surface area contributed by atoms with Crippen molar-refractivity contribution in [1.82, 2.24) is 14.3 Å². The van der Waals surface area contributed by atoms with E-state index in [0.29, 0.717) is 17.2 Å². The topological polar surface area (TPSA) is 40.9 Å². The van der Waals surface area contributed by atoms with Crippen LogP contribution in [0.2, 0.25) is 5.02 Å². The lowest BCUT2D eigenvalue weighted by Crippen LogP contribution is -2.46. The maximum absolute atomic E-state index is 13.1. The van der Waals surface area contributed by atoms with Gasteiger partial charge >= 0.3 is 0 Å². The Labute approximate surface area is 155 Å². The maximum atomic E-state index is 13.1. The van der Waals surface area contributed by atoms with Crippen LogP contribution >= 0.6 is 11.6 Å². The zero-order valence-corrected chi connectivity index (χ0v) is 14.9. The molecular weight excluding hydrogens is 355 g/mol. The maximum Gasteiger partial charge on any atom is 0.258 e. The number of fused-ring (bicyclic) bond motifs is 1. The summed E-state index contributed by atoms with van der Waals surface area (Å²) in [5.74, 6) is -0.220. The van der Waals surface area contributed by atoms with Crippen LogP contribution in [0.4, 0.5) is 10.1 Å². The van der Waals surface area contributed by atoms with Gasteiger partial charge in [-0.25, -0.2) is 9.37 Å². The first kappa shape index (κ1) is 17.0. The molecule has 0 aliphatic carbocycles. The van der Waals surface area contributed by atoms with E-state index in [1.165, 1.54) is 16.5 Å². The smallest absolute Gasteiger partial charge is 0.258 e. The third kappa shape index (κ3) is 3.57. The van der Waals surface area contributed by atoms with Crippen molar-refractivity contribution in [3.63, 3.8) is 0 Å². The normalized spacial score (nSPS) is 15.5. The highest BCUT2D eigenvalue weighted by atomic mass is 35.5. The molecule has 0 saturated carbocycles. The first-order valence-electron chi connectivity index (χ1n) is 8.49. The first-order valence-corrected chi connectivity index (χ1v) is 8.87. The molecule has 0 spiro atoms. The number of benzene rings is 1. The van der Waals surface area contributed by atoms with Crippen LogP contribution in [-0.4, -0.2) is 40.5 Å². The van der Waals surface area contributed by atoms with Gasteiger partial charge in [-0.3, -0.25) is 14.1 Å². The van der Waals surface area contributed by atoms with Crippen molar-refractivity contribution < 1.29 is 4.39 Å². The molecule has 134 valence electrons. The molecule has 1 fully saturated rings. The minimum Gasteiger partial charge on any atom is -0.369 e. The Morgan fingerprint density at radius 1 is 1.04 bits per heavy atom. The predicted molar refractivity (Wildman–Crippen MR) is 100 cm³/mol. The molecule has 1 aliphatic heterocycles. The van der Waals surface area contributed by atoms with Crippen molar-refractivity contribution in [2.45, 2.75) is 6.54 Å². The third-order valence-electron chi connectivity index (χ3n) is 4.63. The molecule has 0 unspecified atom stereocenters. The molecule has 0 atom stereocenters. The summed E-state index contributed by atoms with van der Waals surface area (Å²) < 4.78 is 14.5. The van der Waals surface area contributed by atoms with Crippen molar-refractivity contribution in [2.24, 2.45) is 0 Å². The number of rotatable bonds is 3. The van der Waals surface area contributed by atoms with Gasteiger partial charge in [0.2, 0.25) is 0 Å². The van der Waals surface area contributed by atoms with Crippen molar-refractivity contribution in [2.75, 3.05) is 31.1 Å². The zero-order valence-electron chi connectivity index (χ0n) is 14.1. The second-order valence-corrected chi connectivity index (χ2v) is 6.84. The van der Waals surface area contributed by atoms with E-state index >= 15 is 0 Å². The van der Waals surface area contributed by atoms with Gasteiger partial charge in [-0.05, 0) is 36.4 Å². The van der Waals surface area contributed by atoms with Gasteiger partial charge in [0.1, 0.15) is 11.5 Å². The summed E-state index contributed by atoms with van der Waals surface area (Å²) in [4.78, 5) is 21.3. The number of piperazine rings is 1. The van der Waals surface area contributed by atoms with Crippen molar-refractivity contribution >= 4 is 22.9 Å². The molecule has 2 aromatic heterocycles. The van der Waals surface area contributed by atoms with E-state index in [2.05, 4.69) is 14.8 Å². The highest BCUT2D eigenvalue weighted by Gasteiger charge is 2.18. The second kappa shape index (κ2) is 7.05. The molecule has 3 aromatic rings. The van der Waals surface area contributed by atoms with Crippen LogP contribution in [0.5, 0.6) is 0 Å². The van der Waals surface area contributed by atoms with Gasteiger partial charge < -0.3 is 4.90 Å². The molecule has 3 heterocycles. The molecule has 0 amide bonds. The monoisotopic (exact) mass is 372 g/mol. The quantitative estimate of drug-likeness (QED) is 0.709. The highest BCUT2D eigenvalue weighted by Crippen LogP contribution is 2.17. The first-order chi connectivity index (χ1) is 12.6. The van der Waals surface area contributed by atoms with E-state index in [1.54, 1.807) is 24.4 Å². The number of hydrogen-bond acceptors (Lipinski definition) is 4. The Balaban J connectivity index is 1.44. The van der Waals surface area contributed by atoms with Gasteiger partial charge in [0.25, 0.3) is 5.56 Å². The Bertz CT molecular complexity index is 981. The van der Waals surface area contributed by atoms with Gasteiger partial charge in [0.15, 0.2) is 0 Å². The molecule has 26 heavy (non-hydrogen) atoms. The lowest BCUT2D eigenvalue weighted by molar-refractivity contribution is 0.247. The number of pyridine rings is 1. The fourth-order valence-corrected chi connectivity index (χ4v) is 3.41. The van der Waals surface area contributed by atoms with E-state index in [0.717, 1.165) is 37.6 Å². The molecule has 1 aromatic carbocycles. The van der Waals surface area contributed by atoms with Crippen LogP contribution in [-0.2, 0) is 6.54 Å². The van der Waals surface area contributed by atoms with Gasteiger partial charge in [-0.1, -0.05) is 11.6 Å². The molecule has 5 nitrogen and oxygen atoms in total. The molecule has 0 bridgehead atoms. The number of anilines is 1. The average Bonchev–Trinajstić information content (AvgIpc) is 2.64. The summed E-state index contributed by atoms with van der Waals surface area (Å²) in [7, 11) is 0.